The van der Waals surface area contributed by atoms with Crippen LogP contribution in [0.25, 0.3) is 0 Å². The first-order valence-electron chi connectivity index (χ1n) is 9.32. The van der Waals surface area contributed by atoms with Crippen LogP contribution in [0.2, 0.25) is 0 Å². The molecule has 0 bridgehead atoms. The van der Waals surface area contributed by atoms with Gasteiger partial charge < -0.3 is 14.8 Å². The van der Waals surface area contributed by atoms with Crippen LogP contribution in [0.5, 0.6) is 5.75 Å². The SMILES string of the molecule is C#CCC(NCCCOc1ccc(Cc2ccccc2)cc1)C(=O)OCC. The van der Waals surface area contributed by atoms with Crippen LogP contribution in [0, 0.1) is 12.3 Å². The van der Waals surface area contributed by atoms with E-state index in [1.807, 2.05) is 18.2 Å². The van der Waals surface area contributed by atoms with E-state index in [4.69, 9.17) is 15.9 Å². The van der Waals surface area contributed by atoms with Gasteiger partial charge in [0, 0.05) is 6.42 Å². The summed E-state index contributed by atoms with van der Waals surface area (Å²) in [6, 6.07) is 18.1. The molecule has 0 aliphatic carbocycles. The Morgan fingerprint density at radius 3 is 2.48 bits per heavy atom. The smallest absolute Gasteiger partial charge is 0.324 e. The molecular weight excluding hydrogens is 338 g/mol. The minimum Gasteiger partial charge on any atom is -0.494 e. The lowest BCUT2D eigenvalue weighted by molar-refractivity contribution is -0.145. The van der Waals surface area contributed by atoms with Gasteiger partial charge in [-0.3, -0.25) is 4.79 Å². The molecule has 142 valence electrons. The number of nitrogens with one attached hydrogen (secondary N) is 1. The molecule has 1 unspecified atom stereocenters. The largest absolute Gasteiger partial charge is 0.494 e. The molecule has 2 aromatic rings. The number of carbonyl (C=O) groups is 1. The average Bonchev–Trinajstić information content (AvgIpc) is 2.69. The van der Waals surface area contributed by atoms with Crippen LogP contribution < -0.4 is 10.1 Å². The van der Waals surface area contributed by atoms with Crippen molar-refractivity contribution >= 4 is 5.97 Å². The fourth-order valence-electron chi connectivity index (χ4n) is 2.67. The topological polar surface area (TPSA) is 47.6 Å². The number of ether oxygens (including phenoxy) is 2. The molecule has 0 saturated carbocycles. The molecule has 2 rings (SSSR count). The number of esters is 1. The molecule has 0 aliphatic heterocycles. The highest BCUT2D eigenvalue weighted by Crippen LogP contribution is 2.15. The molecule has 27 heavy (non-hydrogen) atoms. The third-order valence-electron chi connectivity index (χ3n) is 4.05. The monoisotopic (exact) mass is 365 g/mol. The molecule has 0 aliphatic rings. The van der Waals surface area contributed by atoms with Gasteiger partial charge in [0.1, 0.15) is 11.8 Å². The molecule has 1 N–H and O–H groups in total. The predicted molar refractivity (Wildman–Crippen MR) is 108 cm³/mol. The van der Waals surface area contributed by atoms with Gasteiger partial charge in [-0.25, -0.2) is 0 Å². The van der Waals surface area contributed by atoms with E-state index < -0.39 is 6.04 Å². The normalized spacial score (nSPS) is 11.4. The Labute approximate surface area is 161 Å². The van der Waals surface area contributed by atoms with Gasteiger partial charge >= 0.3 is 5.97 Å². The highest BCUT2D eigenvalue weighted by atomic mass is 16.5. The maximum atomic E-state index is 11.8. The maximum Gasteiger partial charge on any atom is 0.324 e. The van der Waals surface area contributed by atoms with Crippen LogP contribution in [0.4, 0.5) is 0 Å². The summed E-state index contributed by atoms with van der Waals surface area (Å²) in [5, 5.41) is 3.13. The number of benzene rings is 2. The zero-order chi connectivity index (χ0) is 19.3. The number of rotatable bonds is 11. The van der Waals surface area contributed by atoms with Crippen molar-refractivity contribution in [1.29, 1.82) is 0 Å². The lowest BCUT2D eigenvalue weighted by atomic mass is 10.1. The van der Waals surface area contributed by atoms with Gasteiger partial charge in [-0.05, 0) is 49.6 Å². The lowest BCUT2D eigenvalue weighted by Gasteiger charge is -2.15. The Morgan fingerprint density at radius 1 is 1.11 bits per heavy atom. The molecule has 0 saturated heterocycles. The van der Waals surface area contributed by atoms with Crippen molar-refractivity contribution in [3.8, 4) is 18.1 Å². The van der Waals surface area contributed by atoms with Crippen molar-refractivity contribution in [2.75, 3.05) is 19.8 Å². The van der Waals surface area contributed by atoms with Gasteiger partial charge in [-0.15, -0.1) is 12.3 Å². The van der Waals surface area contributed by atoms with Crippen LogP contribution in [0.3, 0.4) is 0 Å². The van der Waals surface area contributed by atoms with Crippen molar-refractivity contribution in [2.24, 2.45) is 0 Å². The van der Waals surface area contributed by atoms with E-state index in [2.05, 4.69) is 47.6 Å². The van der Waals surface area contributed by atoms with Crippen molar-refractivity contribution in [1.82, 2.24) is 5.32 Å². The van der Waals surface area contributed by atoms with Gasteiger partial charge in [0.15, 0.2) is 0 Å². The standard InChI is InChI=1S/C23H27NO3/c1-3-9-22(23(25)26-4-2)24-16-8-17-27-21-14-12-20(13-15-21)18-19-10-6-5-7-11-19/h1,5-7,10-15,22,24H,4,8-9,16-18H2,2H3. The second kappa shape index (κ2) is 11.8. The van der Waals surface area contributed by atoms with Crippen LogP contribution >= 0.6 is 0 Å². The second-order valence-electron chi connectivity index (χ2n) is 6.18. The summed E-state index contributed by atoms with van der Waals surface area (Å²) >= 11 is 0. The Morgan fingerprint density at radius 2 is 1.81 bits per heavy atom. The molecule has 0 heterocycles. The van der Waals surface area contributed by atoms with E-state index in [9.17, 15) is 4.79 Å². The van der Waals surface area contributed by atoms with E-state index in [1.54, 1.807) is 6.92 Å². The highest BCUT2D eigenvalue weighted by molar-refractivity contribution is 5.76. The lowest BCUT2D eigenvalue weighted by Crippen LogP contribution is -2.38. The van der Waals surface area contributed by atoms with Gasteiger partial charge in [0.2, 0.25) is 0 Å². The first-order valence-corrected chi connectivity index (χ1v) is 9.32. The summed E-state index contributed by atoms with van der Waals surface area (Å²) in [6.07, 6.45) is 7.31. The number of hydrogen-bond acceptors (Lipinski definition) is 4. The second-order valence-corrected chi connectivity index (χ2v) is 6.18. The Hall–Kier alpha value is -2.77. The van der Waals surface area contributed by atoms with Crippen LogP contribution in [0.1, 0.15) is 30.9 Å². The fraction of sp³-hybridized carbons (Fsp3) is 0.348. The molecule has 4 nitrogen and oxygen atoms in total. The van der Waals surface area contributed by atoms with Crippen molar-refractivity contribution < 1.29 is 14.3 Å². The van der Waals surface area contributed by atoms with E-state index in [-0.39, 0.29) is 5.97 Å². The fourth-order valence-corrected chi connectivity index (χ4v) is 2.67. The Bertz CT molecular complexity index is 720. The number of carbonyl (C=O) groups excluding carboxylic acids is 1. The van der Waals surface area contributed by atoms with Gasteiger partial charge in [-0.1, -0.05) is 42.5 Å². The summed E-state index contributed by atoms with van der Waals surface area (Å²) in [6.45, 7) is 3.34. The van der Waals surface area contributed by atoms with Crippen molar-refractivity contribution in [3.63, 3.8) is 0 Å². The minimum absolute atomic E-state index is 0.301. The van der Waals surface area contributed by atoms with E-state index in [0.29, 0.717) is 26.2 Å². The summed E-state index contributed by atoms with van der Waals surface area (Å²) in [4.78, 5) is 11.8. The molecule has 4 heteroatoms. The van der Waals surface area contributed by atoms with E-state index >= 15 is 0 Å². The zero-order valence-corrected chi connectivity index (χ0v) is 15.8. The third-order valence-corrected chi connectivity index (χ3v) is 4.05. The molecule has 1 atom stereocenters. The number of terminal acetylenes is 1. The molecule has 0 aromatic heterocycles. The summed E-state index contributed by atoms with van der Waals surface area (Å²) in [5.41, 5.74) is 2.54. The maximum absolute atomic E-state index is 11.8. The van der Waals surface area contributed by atoms with Crippen molar-refractivity contribution in [3.05, 3.63) is 65.7 Å². The minimum atomic E-state index is -0.452. The zero-order valence-electron chi connectivity index (χ0n) is 15.8. The first-order chi connectivity index (χ1) is 13.2. The molecule has 0 fully saturated rings. The number of hydrogen-bond donors (Lipinski definition) is 1. The Balaban J connectivity index is 1.69. The average molecular weight is 365 g/mol. The molecule has 0 radical (unpaired) electrons. The van der Waals surface area contributed by atoms with E-state index in [0.717, 1.165) is 18.6 Å². The molecule has 0 amide bonds. The summed E-state index contributed by atoms with van der Waals surface area (Å²) in [5.74, 6) is 3.05. The van der Waals surface area contributed by atoms with Gasteiger partial charge in [-0.2, -0.15) is 0 Å². The van der Waals surface area contributed by atoms with Crippen LogP contribution in [-0.2, 0) is 16.0 Å². The predicted octanol–water partition coefficient (Wildman–Crippen LogP) is 3.59. The van der Waals surface area contributed by atoms with Crippen LogP contribution in [-0.4, -0.2) is 31.8 Å². The van der Waals surface area contributed by atoms with E-state index in [1.165, 1.54) is 11.1 Å². The quantitative estimate of drug-likeness (QED) is 0.376. The summed E-state index contributed by atoms with van der Waals surface area (Å²) in [7, 11) is 0. The van der Waals surface area contributed by atoms with Crippen LogP contribution in [0.15, 0.2) is 54.6 Å². The molecular formula is C23H27NO3. The molecule has 0 spiro atoms. The van der Waals surface area contributed by atoms with Crippen molar-refractivity contribution in [2.45, 2.75) is 32.2 Å². The first kappa shape index (κ1) is 20.5. The highest BCUT2D eigenvalue weighted by Gasteiger charge is 2.17. The van der Waals surface area contributed by atoms with Gasteiger partial charge in [0.25, 0.3) is 0 Å². The third kappa shape index (κ3) is 7.55. The van der Waals surface area contributed by atoms with Gasteiger partial charge in [0.05, 0.1) is 13.2 Å². The summed E-state index contributed by atoms with van der Waals surface area (Å²) < 4.78 is 10.8. The molecule has 2 aromatic carbocycles. The Kier molecular flexibility index (Phi) is 8.95.